The highest BCUT2D eigenvalue weighted by molar-refractivity contribution is 14.1. The van der Waals surface area contributed by atoms with Crippen molar-refractivity contribution in [1.29, 1.82) is 0 Å². The summed E-state index contributed by atoms with van der Waals surface area (Å²) < 4.78 is 14.4. The van der Waals surface area contributed by atoms with Gasteiger partial charge in [0.2, 0.25) is 0 Å². The normalized spacial score (nSPS) is 33.0. The molecular weight excluding hydrogens is 256 g/mol. The van der Waals surface area contributed by atoms with Crippen LogP contribution in [0.4, 0.5) is 4.39 Å². The summed E-state index contributed by atoms with van der Waals surface area (Å²) in [6.07, 6.45) is 1.91. The first kappa shape index (κ1) is 9.71. The van der Waals surface area contributed by atoms with Crippen LogP contribution in [0, 0.1) is 0 Å². The molecule has 0 aromatic carbocycles. The van der Waals surface area contributed by atoms with Crippen molar-refractivity contribution in [2.24, 2.45) is 0 Å². The van der Waals surface area contributed by atoms with Crippen molar-refractivity contribution in [3.63, 3.8) is 0 Å². The standard InChI is InChI=1S/C8H15FIN/c1-8(9)3-6-11(7-8)5-2-4-10/h2-7H2,1H3. The third kappa shape index (κ3) is 3.23. The Morgan fingerprint density at radius 3 is 2.82 bits per heavy atom. The average Bonchev–Trinajstić information content (AvgIpc) is 2.26. The number of likely N-dealkylation sites (tertiary alicyclic amines) is 1. The summed E-state index contributed by atoms with van der Waals surface area (Å²) >= 11 is 2.36. The summed E-state index contributed by atoms with van der Waals surface area (Å²) in [6.45, 7) is 4.37. The monoisotopic (exact) mass is 271 g/mol. The molecule has 1 rings (SSSR count). The van der Waals surface area contributed by atoms with Crippen LogP contribution in [0.3, 0.4) is 0 Å². The van der Waals surface area contributed by atoms with Crippen LogP contribution < -0.4 is 0 Å². The summed E-state index contributed by atoms with van der Waals surface area (Å²) in [5.41, 5.74) is -0.911. The van der Waals surface area contributed by atoms with Crippen LogP contribution in [-0.4, -0.2) is 34.6 Å². The minimum Gasteiger partial charge on any atom is -0.300 e. The molecule has 1 aliphatic heterocycles. The molecule has 1 unspecified atom stereocenters. The van der Waals surface area contributed by atoms with Gasteiger partial charge in [0.05, 0.1) is 0 Å². The third-order valence-electron chi connectivity index (χ3n) is 2.11. The number of hydrogen-bond acceptors (Lipinski definition) is 1. The molecule has 0 spiro atoms. The van der Waals surface area contributed by atoms with Crippen molar-refractivity contribution < 1.29 is 4.39 Å². The van der Waals surface area contributed by atoms with Crippen molar-refractivity contribution in [3.05, 3.63) is 0 Å². The van der Waals surface area contributed by atoms with Gasteiger partial charge in [0.15, 0.2) is 0 Å². The lowest BCUT2D eigenvalue weighted by atomic mass is 10.1. The van der Waals surface area contributed by atoms with Crippen molar-refractivity contribution in [2.75, 3.05) is 24.1 Å². The molecular formula is C8H15FIN. The van der Waals surface area contributed by atoms with Gasteiger partial charge in [-0.05, 0) is 26.3 Å². The van der Waals surface area contributed by atoms with Gasteiger partial charge in [-0.3, -0.25) is 0 Å². The fourth-order valence-electron chi connectivity index (χ4n) is 1.49. The highest BCUT2D eigenvalue weighted by Gasteiger charge is 2.32. The Hall–Kier alpha value is 0.620. The zero-order valence-electron chi connectivity index (χ0n) is 6.95. The van der Waals surface area contributed by atoms with E-state index in [4.69, 9.17) is 0 Å². The SMILES string of the molecule is CC1(F)CCN(CCCI)C1. The molecule has 0 aromatic heterocycles. The van der Waals surface area contributed by atoms with Gasteiger partial charge in [0.25, 0.3) is 0 Å². The highest BCUT2D eigenvalue weighted by Crippen LogP contribution is 2.24. The molecule has 1 saturated heterocycles. The minimum absolute atomic E-state index is 0.642. The van der Waals surface area contributed by atoms with Gasteiger partial charge in [-0.25, -0.2) is 4.39 Å². The Morgan fingerprint density at radius 1 is 1.64 bits per heavy atom. The van der Waals surface area contributed by atoms with E-state index in [0.29, 0.717) is 13.0 Å². The molecule has 66 valence electrons. The second-order valence-corrected chi connectivity index (χ2v) is 4.56. The number of nitrogens with zero attached hydrogens (tertiary/aromatic N) is 1. The maximum Gasteiger partial charge on any atom is 0.122 e. The van der Waals surface area contributed by atoms with Crippen LogP contribution in [0.25, 0.3) is 0 Å². The summed E-state index contributed by atoms with van der Waals surface area (Å²) in [4.78, 5) is 2.22. The topological polar surface area (TPSA) is 3.24 Å². The molecule has 3 heteroatoms. The van der Waals surface area contributed by atoms with Crippen LogP contribution >= 0.6 is 22.6 Å². The van der Waals surface area contributed by atoms with E-state index in [1.54, 1.807) is 6.92 Å². The maximum absolute atomic E-state index is 13.2. The summed E-state index contributed by atoms with van der Waals surface area (Å²) in [7, 11) is 0. The number of alkyl halides is 2. The van der Waals surface area contributed by atoms with E-state index < -0.39 is 5.67 Å². The van der Waals surface area contributed by atoms with Gasteiger partial charge < -0.3 is 4.90 Å². The fourth-order valence-corrected chi connectivity index (χ4v) is 1.83. The third-order valence-corrected chi connectivity index (χ3v) is 2.87. The largest absolute Gasteiger partial charge is 0.300 e. The van der Waals surface area contributed by atoms with E-state index >= 15 is 0 Å². The maximum atomic E-state index is 13.2. The molecule has 0 aromatic rings. The predicted octanol–water partition coefficient (Wildman–Crippen LogP) is 2.25. The molecule has 0 radical (unpaired) electrons. The van der Waals surface area contributed by atoms with Gasteiger partial charge in [-0.1, -0.05) is 22.6 Å². The first-order valence-corrected chi connectivity index (χ1v) is 5.64. The molecule has 1 heterocycles. The van der Waals surface area contributed by atoms with E-state index in [1.807, 2.05) is 0 Å². The quantitative estimate of drug-likeness (QED) is 0.562. The molecule has 0 N–H and O–H groups in total. The van der Waals surface area contributed by atoms with Crippen LogP contribution in [-0.2, 0) is 0 Å². The van der Waals surface area contributed by atoms with Gasteiger partial charge in [-0.2, -0.15) is 0 Å². The zero-order valence-corrected chi connectivity index (χ0v) is 9.10. The Morgan fingerprint density at radius 2 is 2.36 bits per heavy atom. The molecule has 1 aliphatic rings. The lowest BCUT2D eigenvalue weighted by Crippen LogP contribution is -2.27. The van der Waals surface area contributed by atoms with E-state index in [1.165, 1.54) is 10.8 Å². The average molecular weight is 271 g/mol. The number of halogens is 2. The van der Waals surface area contributed by atoms with Crippen LogP contribution in [0.1, 0.15) is 19.8 Å². The molecule has 0 bridgehead atoms. The van der Waals surface area contributed by atoms with Gasteiger partial charge >= 0.3 is 0 Å². The van der Waals surface area contributed by atoms with Crippen molar-refractivity contribution >= 4 is 22.6 Å². The summed E-state index contributed by atoms with van der Waals surface area (Å²) in [5, 5.41) is 0. The molecule has 1 fully saturated rings. The highest BCUT2D eigenvalue weighted by atomic mass is 127. The molecule has 1 nitrogen and oxygen atoms in total. The van der Waals surface area contributed by atoms with Crippen molar-refractivity contribution in [2.45, 2.75) is 25.4 Å². The Kier molecular flexibility index (Phi) is 3.55. The van der Waals surface area contributed by atoms with E-state index in [2.05, 4.69) is 27.5 Å². The minimum atomic E-state index is -0.911. The van der Waals surface area contributed by atoms with E-state index in [-0.39, 0.29) is 0 Å². The number of hydrogen-bond donors (Lipinski definition) is 0. The van der Waals surface area contributed by atoms with E-state index in [9.17, 15) is 4.39 Å². The Bertz CT molecular complexity index is 127. The lowest BCUT2D eigenvalue weighted by Gasteiger charge is -2.15. The molecule has 0 saturated carbocycles. The summed E-state index contributed by atoms with van der Waals surface area (Å²) in [5.74, 6) is 0. The molecule has 11 heavy (non-hydrogen) atoms. The fraction of sp³-hybridized carbons (Fsp3) is 1.00. The summed E-state index contributed by atoms with van der Waals surface area (Å²) in [6, 6.07) is 0. The predicted molar refractivity (Wildman–Crippen MR) is 54.1 cm³/mol. The molecule has 0 aliphatic carbocycles. The van der Waals surface area contributed by atoms with E-state index in [0.717, 1.165) is 13.1 Å². The van der Waals surface area contributed by atoms with Crippen LogP contribution in [0.5, 0.6) is 0 Å². The Labute approximate surface area is 81.5 Å². The Balaban J connectivity index is 2.20. The first-order chi connectivity index (χ1) is 5.14. The molecule has 1 atom stereocenters. The lowest BCUT2D eigenvalue weighted by molar-refractivity contribution is 0.189. The second-order valence-electron chi connectivity index (χ2n) is 3.48. The second kappa shape index (κ2) is 4.03. The first-order valence-electron chi connectivity index (χ1n) is 4.11. The van der Waals surface area contributed by atoms with Gasteiger partial charge in [0.1, 0.15) is 5.67 Å². The zero-order chi connectivity index (χ0) is 8.32. The van der Waals surface area contributed by atoms with Crippen molar-refractivity contribution in [3.8, 4) is 0 Å². The smallest absolute Gasteiger partial charge is 0.122 e. The number of rotatable bonds is 3. The van der Waals surface area contributed by atoms with Crippen LogP contribution in [0.15, 0.2) is 0 Å². The van der Waals surface area contributed by atoms with Gasteiger partial charge in [-0.15, -0.1) is 0 Å². The molecule has 0 amide bonds. The van der Waals surface area contributed by atoms with Gasteiger partial charge in [0, 0.05) is 17.5 Å². The van der Waals surface area contributed by atoms with Crippen molar-refractivity contribution in [1.82, 2.24) is 4.90 Å². The van der Waals surface area contributed by atoms with Crippen LogP contribution in [0.2, 0.25) is 0 Å².